The van der Waals surface area contributed by atoms with Crippen LogP contribution in [-0.4, -0.2) is 32.3 Å². The van der Waals surface area contributed by atoms with Gasteiger partial charge in [0.15, 0.2) is 0 Å². The Bertz CT molecular complexity index is 664. The zero-order valence-corrected chi connectivity index (χ0v) is 13.7. The molecule has 2 N–H and O–H groups in total. The predicted octanol–water partition coefficient (Wildman–Crippen LogP) is 2.09. The summed E-state index contributed by atoms with van der Waals surface area (Å²) >= 11 is 0. The number of imidazole rings is 1. The molecular formula is C17H23N5O. The van der Waals surface area contributed by atoms with Crippen molar-refractivity contribution < 1.29 is 4.79 Å². The quantitative estimate of drug-likeness (QED) is 0.886. The normalized spacial score (nSPS) is 18.3. The number of carbonyl (C=O) groups is 1. The molecule has 23 heavy (non-hydrogen) atoms. The number of aryl methyl sites for hydroxylation is 1. The minimum atomic E-state index is -0.0228. The van der Waals surface area contributed by atoms with Crippen molar-refractivity contribution in [3.05, 3.63) is 47.3 Å². The summed E-state index contributed by atoms with van der Waals surface area (Å²) in [5.41, 5.74) is 4.37. The van der Waals surface area contributed by atoms with Crippen molar-refractivity contribution in [2.24, 2.45) is 0 Å². The molecule has 3 heterocycles. The van der Waals surface area contributed by atoms with Gasteiger partial charge in [-0.05, 0) is 37.9 Å². The summed E-state index contributed by atoms with van der Waals surface area (Å²) in [5.74, 6) is -0.0228. The highest BCUT2D eigenvalue weighted by Crippen LogP contribution is 2.32. The Morgan fingerprint density at radius 1 is 1.43 bits per heavy atom. The fourth-order valence-corrected chi connectivity index (χ4v) is 3.05. The minimum absolute atomic E-state index is 0.0228. The number of nitrogens with zero attached hydrogens (tertiary/aromatic N) is 3. The van der Waals surface area contributed by atoms with Crippen LogP contribution in [-0.2, 0) is 17.9 Å². The van der Waals surface area contributed by atoms with E-state index in [1.54, 1.807) is 6.33 Å². The molecule has 0 saturated carbocycles. The number of pyridine rings is 1. The van der Waals surface area contributed by atoms with E-state index in [0.717, 1.165) is 42.2 Å². The monoisotopic (exact) mass is 313 g/mol. The SMILES string of the molecule is CC(=O)NCc1ccc([C@H]2CCCN2Cc2nc[nH]c2C)nc1. The van der Waals surface area contributed by atoms with Gasteiger partial charge in [0.05, 0.1) is 23.8 Å². The third-order valence-electron chi connectivity index (χ3n) is 4.38. The lowest BCUT2D eigenvalue weighted by molar-refractivity contribution is -0.119. The fourth-order valence-electron chi connectivity index (χ4n) is 3.05. The molecular weight excluding hydrogens is 290 g/mol. The van der Waals surface area contributed by atoms with Crippen LogP contribution in [0, 0.1) is 6.92 Å². The van der Waals surface area contributed by atoms with Crippen LogP contribution in [0.3, 0.4) is 0 Å². The second kappa shape index (κ2) is 6.91. The smallest absolute Gasteiger partial charge is 0.217 e. The Kier molecular flexibility index (Phi) is 4.71. The van der Waals surface area contributed by atoms with Crippen LogP contribution in [0.15, 0.2) is 24.7 Å². The van der Waals surface area contributed by atoms with Crippen molar-refractivity contribution in [2.45, 2.75) is 45.8 Å². The second-order valence-electron chi connectivity index (χ2n) is 6.10. The number of hydrogen-bond acceptors (Lipinski definition) is 4. The molecule has 1 amide bonds. The van der Waals surface area contributed by atoms with Crippen molar-refractivity contribution >= 4 is 5.91 Å². The van der Waals surface area contributed by atoms with E-state index >= 15 is 0 Å². The number of likely N-dealkylation sites (tertiary alicyclic amines) is 1. The van der Waals surface area contributed by atoms with Gasteiger partial charge in [0.1, 0.15) is 0 Å². The molecule has 0 spiro atoms. The number of rotatable bonds is 5. The van der Waals surface area contributed by atoms with Gasteiger partial charge < -0.3 is 10.3 Å². The average molecular weight is 313 g/mol. The van der Waals surface area contributed by atoms with Crippen molar-refractivity contribution in [1.82, 2.24) is 25.2 Å². The lowest BCUT2D eigenvalue weighted by Crippen LogP contribution is -2.24. The molecule has 2 aromatic heterocycles. The first kappa shape index (κ1) is 15.7. The van der Waals surface area contributed by atoms with Gasteiger partial charge in [0.25, 0.3) is 0 Å². The highest BCUT2D eigenvalue weighted by molar-refractivity contribution is 5.72. The molecule has 6 nitrogen and oxygen atoms in total. The number of amides is 1. The van der Waals surface area contributed by atoms with E-state index in [0.29, 0.717) is 12.6 Å². The van der Waals surface area contributed by atoms with Gasteiger partial charge in [0.2, 0.25) is 5.91 Å². The third kappa shape index (κ3) is 3.76. The molecule has 1 saturated heterocycles. The number of H-pyrrole nitrogens is 1. The van der Waals surface area contributed by atoms with Gasteiger partial charge in [0, 0.05) is 31.9 Å². The van der Waals surface area contributed by atoms with Crippen molar-refractivity contribution in [3.63, 3.8) is 0 Å². The van der Waals surface area contributed by atoms with E-state index < -0.39 is 0 Å². The maximum Gasteiger partial charge on any atom is 0.217 e. The minimum Gasteiger partial charge on any atom is -0.352 e. The Balaban J connectivity index is 1.67. The van der Waals surface area contributed by atoms with E-state index in [4.69, 9.17) is 0 Å². The molecule has 122 valence electrons. The first-order valence-corrected chi connectivity index (χ1v) is 8.05. The first-order chi connectivity index (χ1) is 11.1. The number of aromatic amines is 1. The lowest BCUT2D eigenvalue weighted by Gasteiger charge is -2.23. The van der Waals surface area contributed by atoms with Gasteiger partial charge >= 0.3 is 0 Å². The number of carbonyl (C=O) groups excluding carboxylic acids is 1. The largest absolute Gasteiger partial charge is 0.352 e. The Morgan fingerprint density at radius 3 is 2.96 bits per heavy atom. The first-order valence-electron chi connectivity index (χ1n) is 8.05. The van der Waals surface area contributed by atoms with Crippen LogP contribution in [0.5, 0.6) is 0 Å². The number of hydrogen-bond donors (Lipinski definition) is 2. The molecule has 1 aliphatic heterocycles. The Morgan fingerprint density at radius 2 is 2.30 bits per heavy atom. The summed E-state index contributed by atoms with van der Waals surface area (Å²) in [4.78, 5) is 25.6. The maximum absolute atomic E-state index is 11.0. The summed E-state index contributed by atoms with van der Waals surface area (Å²) in [6.07, 6.45) is 5.93. The van der Waals surface area contributed by atoms with Gasteiger partial charge in [-0.25, -0.2) is 4.98 Å². The Labute approximate surface area is 136 Å². The van der Waals surface area contributed by atoms with E-state index in [-0.39, 0.29) is 5.91 Å². The molecule has 0 bridgehead atoms. The van der Waals surface area contributed by atoms with Gasteiger partial charge in [-0.1, -0.05) is 6.07 Å². The van der Waals surface area contributed by atoms with Gasteiger partial charge in [-0.3, -0.25) is 14.7 Å². The summed E-state index contributed by atoms with van der Waals surface area (Å²) in [5, 5.41) is 2.79. The van der Waals surface area contributed by atoms with Crippen LogP contribution in [0.1, 0.15) is 48.5 Å². The standard InChI is InChI=1S/C17H23N5O/c1-12-16(21-11-20-12)10-22-7-3-4-17(22)15-6-5-14(9-19-15)8-18-13(2)23/h5-6,9,11,17H,3-4,7-8,10H2,1-2H3,(H,18,23)(H,20,21)/t17-/m1/s1. The summed E-state index contributed by atoms with van der Waals surface area (Å²) in [6.45, 7) is 6.04. The lowest BCUT2D eigenvalue weighted by atomic mass is 10.1. The fraction of sp³-hybridized carbons (Fsp3) is 0.471. The predicted molar refractivity (Wildman–Crippen MR) is 87.5 cm³/mol. The zero-order valence-electron chi connectivity index (χ0n) is 13.7. The average Bonchev–Trinajstić information content (AvgIpc) is 3.16. The van der Waals surface area contributed by atoms with E-state index in [1.165, 1.54) is 13.3 Å². The molecule has 3 rings (SSSR count). The topological polar surface area (TPSA) is 73.9 Å². The summed E-state index contributed by atoms with van der Waals surface area (Å²) in [7, 11) is 0. The molecule has 0 aliphatic carbocycles. The molecule has 6 heteroatoms. The highest BCUT2D eigenvalue weighted by Gasteiger charge is 2.27. The van der Waals surface area contributed by atoms with Crippen LogP contribution >= 0.6 is 0 Å². The molecule has 2 aromatic rings. The van der Waals surface area contributed by atoms with E-state index in [2.05, 4.69) is 44.2 Å². The van der Waals surface area contributed by atoms with Crippen molar-refractivity contribution in [1.29, 1.82) is 0 Å². The zero-order chi connectivity index (χ0) is 16.2. The number of aromatic nitrogens is 3. The van der Waals surface area contributed by atoms with Crippen LogP contribution in [0.25, 0.3) is 0 Å². The summed E-state index contributed by atoms with van der Waals surface area (Å²) in [6, 6.07) is 4.48. The van der Waals surface area contributed by atoms with Crippen molar-refractivity contribution in [3.8, 4) is 0 Å². The molecule has 0 radical (unpaired) electrons. The summed E-state index contributed by atoms with van der Waals surface area (Å²) < 4.78 is 0. The highest BCUT2D eigenvalue weighted by atomic mass is 16.1. The van der Waals surface area contributed by atoms with Crippen LogP contribution in [0.4, 0.5) is 0 Å². The molecule has 1 fully saturated rings. The third-order valence-corrected chi connectivity index (χ3v) is 4.38. The van der Waals surface area contributed by atoms with E-state index in [9.17, 15) is 4.79 Å². The van der Waals surface area contributed by atoms with Gasteiger partial charge in [-0.15, -0.1) is 0 Å². The van der Waals surface area contributed by atoms with Crippen molar-refractivity contribution in [2.75, 3.05) is 6.54 Å². The number of nitrogens with one attached hydrogen (secondary N) is 2. The molecule has 1 aliphatic rings. The molecule has 1 atom stereocenters. The van der Waals surface area contributed by atoms with Crippen LogP contribution < -0.4 is 5.32 Å². The van der Waals surface area contributed by atoms with E-state index in [1.807, 2.05) is 6.20 Å². The molecule has 0 unspecified atom stereocenters. The Hall–Kier alpha value is -2.21. The molecule has 0 aromatic carbocycles. The van der Waals surface area contributed by atoms with Crippen LogP contribution in [0.2, 0.25) is 0 Å². The second-order valence-corrected chi connectivity index (χ2v) is 6.10. The van der Waals surface area contributed by atoms with Gasteiger partial charge in [-0.2, -0.15) is 0 Å². The maximum atomic E-state index is 11.0.